The monoisotopic (exact) mass is 261 g/mol. The molecule has 102 valence electrons. The van der Waals surface area contributed by atoms with E-state index >= 15 is 0 Å². The van der Waals surface area contributed by atoms with Gasteiger partial charge >= 0.3 is 5.97 Å². The quantitative estimate of drug-likeness (QED) is 0.908. The van der Waals surface area contributed by atoms with Crippen LogP contribution in [0.1, 0.15) is 50.1 Å². The zero-order valence-electron chi connectivity index (χ0n) is 11.0. The van der Waals surface area contributed by atoms with Crippen LogP contribution >= 0.6 is 0 Å². The second-order valence-corrected chi connectivity index (χ2v) is 6.91. The molecular weight excluding hydrogens is 242 g/mol. The summed E-state index contributed by atoms with van der Waals surface area (Å²) in [6, 6.07) is 0. The Morgan fingerprint density at radius 3 is 2.37 bits per heavy atom. The van der Waals surface area contributed by atoms with Gasteiger partial charge in [0, 0.05) is 5.41 Å². The molecule has 0 aromatic carbocycles. The molecule has 4 aliphatic carbocycles. The van der Waals surface area contributed by atoms with E-state index in [1.807, 2.05) is 0 Å². The van der Waals surface area contributed by atoms with Crippen LogP contribution in [0.4, 0.5) is 0 Å². The second kappa shape index (κ2) is 3.84. The standard InChI is InChI=1S/C15H19NO3/c17-13(18)4-12-8-19-14(16-12)15-5-9-1-10(6-15)3-11(2-9)7-15/h8-11H,1-7H2,(H,17,18). The minimum Gasteiger partial charge on any atom is -0.481 e. The number of rotatable bonds is 3. The smallest absolute Gasteiger partial charge is 0.309 e. The first-order chi connectivity index (χ1) is 9.13. The average Bonchev–Trinajstić information content (AvgIpc) is 2.75. The van der Waals surface area contributed by atoms with Crippen LogP contribution < -0.4 is 0 Å². The van der Waals surface area contributed by atoms with E-state index < -0.39 is 5.97 Å². The van der Waals surface area contributed by atoms with Gasteiger partial charge in [-0.2, -0.15) is 0 Å². The van der Waals surface area contributed by atoms with Gasteiger partial charge in [0.15, 0.2) is 5.89 Å². The Bertz CT molecular complexity index is 484. The molecule has 1 aromatic rings. The number of nitrogens with zero attached hydrogens (tertiary/aromatic N) is 1. The molecule has 1 N–H and O–H groups in total. The lowest BCUT2D eigenvalue weighted by Gasteiger charge is -2.55. The van der Waals surface area contributed by atoms with Gasteiger partial charge in [-0.1, -0.05) is 0 Å². The molecule has 4 heteroatoms. The number of carboxylic acid groups (broad SMARTS) is 1. The van der Waals surface area contributed by atoms with Gasteiger partial charge in [-0.05, 0) is 56.3 Å². The predicted octanol–water partition coefficient (Wildman–Crippen LogP) is 2.77. The summed E-state index contributed by atoms with van der Waals surface area (Å²) < 4.78 is 5.68. The van der Waals surface area contributed by atoms with Crippen molar-refractivity contribution in [3.05, 3.63) is 17.8 Å². The zero-order valence-corrected chi connectivity index (χ0v) is 11.0. The third-order valence-corrected chi connectivity index (χ3v) is 5.38. The van der Waals surface area contributed by atoms with Gasteiger partial charge in [0.1, 0.15) is 6.26 Å². The summed E-state index contributed by atoms with van der Waals surface area (Å²) >= 11 is 0. The normalized spacial score (nSPS) is 39.7. The highest BCUT2D eigenvalue weighted by molar-refractivity contribution is 5.69. The largest absolute Gasteiger partial charge is 0.481 e. The Hall–Kier alpha value is -1.32. The summed E-state index contributed by atoms with van der Waals surface area (Å²) in [7, 11) is 0. The molecule has 4 nitrogen and oxygen atoms in total. The van der Waals surface area contributed by atoms with Crippen LogP contribution in [0.3, 0.4) is 0 Å². The van der Waals surface area contributed by atoms with Crippen molar-refractivity contribution in [2.45, 2.75) is 50.4 Å². The van der Waals surface area contributed by atoms with Crippen molar-refractivity contribution >= 4 is 5.97 Å². The van der Waals surface area contributed by atoms with Crippen LogP contribution in [0, 0.1) is 17.8 Å². The molecule has 0 amide bonds. The number of aromatic nitrogens is 1. The molecule has 1 heterocycles. The first kappa shape index (κ1) is 11.5. The number of carboxylic acids is 1. The van der Waals surface area contributed by atoms with Gasteiger partial charge in [-0.15, -0.1) is 0 Å². The van der Waals surface area contributed by atoms with Crippen LogP contribution in [-0.2, 0) is 16.6 Å². The summed E-state index contributed by atoms with van der Waals surface area (Å²) in [4.78, 5) is 15.2. The zero-order chi connectivity index (χ0) is 13.0. The molecule has 0 saturated heterocycles. The van der Waals surface area contributed by atoms with Crippen molar-refractivity contribution in [3.8, 4) is 0 Å². The van der Waals surface area contributed by atoms with Crippen LogP contribution in [0.15, 0.2) is 10.7 Å². The molecule has 4 aliphatic rings. The predicted molar refractivity (Wildman–Crippen MR) is 67.7 cm³/mol. The van der Waals surface area contributed by atoms with Gasteiger partial charge in [0.25, 0.3) is 0 Å². The van der Waals surface area contributed by atoms with E-state index in [9.17, 15) is 4.79 Å². The SMILES string of the molecule is O=C(O)Cc1coc(C23CC4CC(CC(C4)C2)C3)n1. The number of carbonyl (C=O) groups is 1. The van der Waals surface area contributed by atoms with Crippen molar-refractivity contribution in [2.24, 2.45) is 17.8 Å². The Morgan fingerprint density at radius 1 is 1.26 bits per heavy atom. The molecular formula is C15H19NO3. The van der Waals surface area contributed by atoms with E-state index in [0.717, 1.165) is 23.6 Å². The fourth-order valence-corrected chi connectivity index (χ4v) is 5.16. The first-order valence-corrected chi connectivity index (χ1v) is 7.30. The fourth-order valence-electron chi connectivity index (χ4n) is 5.16. The third-order valence-electron chi connectivity index (χ3n) is 5.38. The number of hydrogen-bond acceptors (Lipinski definition) is 3. The molecule has 0 spiro atoms. The molecule has 4 bridgehead atoms. The molecule has 19 heavy (non-hydrogen) atoms. The molecule has 0 aliphatic heterocycles. The van der Waals surface area contributed by atoms with E-state index in [1.54, 1.807) is 6.26 Å². The van der Waals surface area contributed by atoms with Gasteiger partial charge in [0.05, 0.1) is 12.1 Å². The van der Waals surface area contributed by atoms with Crippen molar-refractivity contribution in [1.29, 1.82) is 0 Å². The summed E-state index contributed by atoms with van der Waals surface area (Å²) in [6.45, 7) is 0. The van der Waals surface area contributed by atoms with Crippen LogP contribution in [0.2, 0.25) is 0 Å². The average molecular weight is 261 g/mol. The lowest BCUT2D eigenvalue weighted by Crippen LogP contribution is -2.48. The number of aliphatic carboxylic acids is 1. The molecule has 0 atom stereocenters. The fraction of sp³-hybridized carbons (Fsp3) is 0.733. The Balaban J connectivity index is 1.64. The molecule has 1 aromatic heterocycles. The van der Waals surface area contributed by atoms with Gasteiger partial charge in [-0.25, -0.2) is 4.98 Å². The highest BCUT2D eigenvalue weighted by Crippen LogP contribution is 2.60. The highest BCUT2D eigenvalue weighted by Gasteiger charge is 2.53. The van der Waals surface area contributed by atoms with E-state index in [2.05, 4.69) is 4.98 Å². The summed E-state index contributed by atoms with van der Waals surface area (Å²) in [6.07, 6.45) is 9.29. The maximum atomic E-state index is 10.7. The van der Waals surface area contributed by atoms with Crippen molar-refractivity contribution in [3.63, 3.8) is 0 Å². The molecule has 4 saturated carbocycles. The van der Waals surface area contributed by atoms with Crippen LogP contribution in [-0.4, -0.2) is 16.1 Å². The van der Waals surface area contributed by atoms with Crippen LogP contribution in [0.25, 0.3) is 0 Å². The lowest BCUT2D eigenvalue weighted by atomic mass is 9.49. The van der Waals surface area contributed by atoms with Crippen LogP contribution in [0.5, 0.6) is 0 Å². The minimum absolute atomic E-state index is 0.0319. The minimum atomic E-state index is -0.842. The Morgan fingerprint density at radius 2 is 1.84 bits per heavy atom. The molecule has 0 radical (unpaired) electrons. The summed E-state index contributed by atoms with van der Waals surface area (Å²) in [5, 5.41) is 8.83. The van der Waals surface area contributed by atoms with E-state index in [0.29, 0.717) is 5.69 Å². The number of hydrogen-bond donors (Lipinski definition) is 1. The second-order valence-electron chi connectivity index (χ2n) is 6.91. The Kier molecular flexibility index (Phi) is 2.32. The van der Waals surface area contributed by atoms with Gasteiger partial charge in [-0.3, -0.25) is 4.79 Å². The van der Waals surface area contributed by atoms with E-state index in [-0.39, 0.29) is 11.8 Å². The van der Waals surface area contributed by atoms with Crippen molar-refractivity contribution < 1.29 is 14.3 Å². The van der Waals surface area contributed by atoms with E-state index in [4.69, 9.17) is 9.52 Å². The maximum Gasteiger partial charge on any atom is 0.309 e. The lowest BCUT2D eigenvalue weighted by molar-refractivity contribution is -0.136. The van der Waals surface area contributed by atoms with Crippen molar-refractivity contribution in [2.75, 3.05) is 0 Å². The van der Waals surface area contributed by atoms with Crippen molar-refractivity contribution in [1.82, 2.24) is 4.98 Å². The summed E-state index contributed by atoms with van der Waals surface area (Å²) in [5.74, 6) is 2.52. The van der Waals surface area contributed by atoms with E-state index in [1.165, 1.54) is 38.5 Å². The highest BCUT2D eigenvalue weighted by atomic mass is 16.4. The topological polar surface area (TPSA) is 63.3 Å². The molecule has 5 rings (SSSR count). The third kappa shape index (κ3) is 1.80. The van der Waals surface area contributed by atoms with Gasteiger partial charge < -0.3 is 9.52 Å². The first-order valence-electron chi connectivity index (χ1n) is 7.30. The summed E-state index contributed by atoms with van der Waals surface area (Å²) in [5.41, 5.74) is 0.698. The molecule has 4 fully saturated rings. The molecule has 0 unspecified atom stereocenters. The maximum absolute atomic E-state index is 10.7. The number of oxazole rings is 1. The van der Waals surface area contributed by atoms with Gasteiger partial charge in [0.2, 0.25) is 0 Å². The Labute approximate surface area is 112 Å².